The van der Waals surface area contributed by atoms with Crippen molar-refractivity contribution in [3.05, 3.63) is 29.8 Å². The highest BCUT2D eigenvalue weighted by atomic mass is 127. The summed E-state index contributed by atoms with van der Waals surface area (Å²) in [5, 5.41) is 9.58. The van der Waals surface area contributed by atoms with Crippen LogP contribution in [0.15, 0.2) is 29.3 Å². The molecule has 158 valence electrons. The van der Waals surface area contributed by atoms with Gasteiger partial charge in [0.15, 0.2) is 12.6 Å². The van der Waals surface area contributed by atoms with E-state index >= 15 is 0 Å². The molecule has 3 N–H and O–H groups in total. The molecule has 1 aromatic carbocycles. The van der Waals surface area contributed by atoms with Gasteiger partial charge in [0.1, 0.15) is 5.75 Å². The standard InChI is InChI=1S/C21H34N4O2.HI/c1-16(2)7-4-5-12-23-21(22-3)24-14-17-8-6-9-19(13-17)27-15-20(26)25-18-10-11-18;/h6,8-9,13,16,18H,4-5,7,10-12,14-15H2,1-3H3,(H,25,26)(H2,22,23,24);1H. The maximum atomic E-state index is 11.7. The first-order chi connectivity index (χ1) is 13.1. The molecule has 0 unspecified atom stereocenters. The van der Waals surface area contributed by atoms with Crippen LogP contribution < -0.4 is 20.7 Å². The van der Waals surface area contributed by atoms with Crippen molar-refractivity contribution >= 4 is 35.8 Å². The van der Waals surface area contributed by atoms with Gasteiger partial charge >= 0.3 is 0 Å². The number of carbonyl (C=O) groups excluding carboxylic acids is 1. The maximum absolute atomic E-state index is 11.7. The summed E-state index contributed by atoms with van der Waals surface area (Å²) < 4.78 is 5.60. The van der Waals surface area contributed by atoms with Crippen LogP contribution in [0.2, 0.25) is 0 Å². The molecule has 1 aromatic rings. The van der Waals surface area contributed by atoms with Crippen LogP contribution in [0, 0.1) is 5.92 Å². The molecule has 1 aliphatic rings. The number of ether oxygens (including phenoxy) is 1. The summed E-state index contributed by atoms with van der Waals surface area (Å²) in [6.45, 7) is 6.15. The topological polar surface area (TPSA) is 74.8 Å². The number of benzene rings is 1. The molecule has 1 aliphatic carbocycles. The van der Waals surface area contributed by atoms with E-state index in [2.05, 4.69) is 34.8 Å². The van der Waals surface area contributed by atoms with E-state index in [1.165, 1.54) is 12.8 Å². The minimum absolute atomic E-state index is 0. The Labute approximate surface area is 186 Å². The van der Waals surface area contributed by atoms with Gasteiger partial charge in [0.05, 0.1) is 0 Å². The van der Waals surface area contributed by atoms with E-state index in [0.29, 0.717) is 18.3 Å². The molecule has 1 fully saturated rings. The zero-order valence-corrected chi connectivity index (χ0v) is 19.6. The van der Waals surface area contributed by atoms with Crippen LogP contribution in [0.4, 0.5) is 0 Å². The molecule has 0 radical (unpaired) electrons. The first-order valence-electron chi connectivity index (χ1n) is 10.0. The van der Waals surface area contributed by atoms with E-state index in [-0.39, 0.29) is 36.5 Å². The van der Waals surface area contributed by atoms with Gasteiger partial charge in [-0.05, 0) is 42.9 Å². The number of rotatable bonds is 11. The lowest BCUT2D eigenvalue weighted by molar-refractivity contribution is -0.123. The third kappa shape index (κ3) is 10.7. The number of carbonyl (C=O) groups is 1. The predicted molar refractivity (Wildman–Crippen MR) is 125 cm³/mol. The van der Waals surface area contributed by atoms with Gasteiger partial charge in [0.2, 0.25) is 0 Å². The van der Waals surface area contributed by atoms with E-state index < -0.39 is 0 Å². The van der Waals surface area contributed by atoms with Gasteiger partial charge in [-0.15, -0.1) is 24.0 Å². The monoisotopic (exact) mass is 502 g/mol. The third-order valence-electron chi connectivity index (χ3n) is 4.40. The number of halogens is 1. The van der Waals surface area contributed by atoms with E-state index in [9.17, 15) is 4.79 Å². The molecule has 0 aromatic heterocycles. The van der Waals surface area contributed by atoms with Gasteiger partial charge in [0, 0.05) is 26.2 Å². The number of hydrogen-bond acceptors (Lipinski definition) is 3. The van der Waals surface area contributed by atoms with Crippen molar-refractivity contribution in [1.82, 2.24) is 16.0 Å². The highest BCUT2D eigenvalue weighted by molar-refractivity contribution is 14.0. The fourth-order valence-corrected chi connectivity index (χ4v) is 2.68. The van der Waals surface area contributed by atoms with Crippen LogP contribution in [0.1, 0.15) is 51.5 Å². The summed E-state index contributed by atoms with van der Waals surface area (Å²) in [5.41, 5.74) is 1.08. The Bertz CT molecular complexity index is 618. The Morgan fingerprint density at radius 2 is 2.04 bits per heavy atom. The van der Waals surface area contributed by atoms with Crippen LogP contribution in [0.5, 0.6) is 5.75 Å². The normalized spacial score (nSPS) is 13.6. The van der Waals surface area contributed by atoms with Gasteiger partial charge in [-0.2, -0.15) is 0 Å². The molecule has 0 saturated heterocycles. The SMILES string of the molecule is CN=C(NCCCCC(C)C)NCc1cccc(OCC(=O)NC2CC2)c1.I. The summed E-state index contributed by atoms with van der Waals surface area (Å²) in [6.07, 6.45) is 5.81. The molecule has 1 saturated carbocycles. The van der Waals surface area contributed by atoms with Gasteiger partial charge < -0.3 is 20.7 Å². The van der Waals surface area contributed by atoms with Gasteiger partial charge in [-0.3, -0.25) is 9.79 Å². The molecule has 6 nitrogen and oxygen atoms in total. The summed E-state index contributed by atoms with van der Waals surface area (Å²) in [5.74, 6) is 2.21. The van der Waals surface area contributed by atoms with Crippen molar-refractivity contribution in [2.75, 3.05) is 20.2 Å². The second kappa shape index (κ2) is 13.6. The fourth-order valence-electron chi connectivity index (χ4n) is 2.68. The zero-order valence-electron chi connectivity index (χ0n) is 17.3. The molecule has 0 spiro atoms. The molecule has 1 amide bonds. The number of aliphatic imine (C=N–C) groups is 1. The molecule has 0 bridgehead atoms. The molecular formula is C21H35IN4O2. The number of amides is 1. The van der Waals surface area contributed by atoms with Crippen LogP contribution in [-0.4, -0.2) is 38.1 Å². The van der Waals surface area contributed by atoms with Crippen molar-refractivity contribution in [3.8, 4) is 5.75 Å². The summed E-state index contributed by atoms with van der Waals surface area (Å²) >= 11 is 0. The number of hydrogen-bond donors (Lipinski definition) is 3. The highest BCUT2D eigenvalue weighted by Crippen LogP contribution is 2.18. The van der Waals surface area contributed by atoms with E-state index in [4.69, 9.17) is 4.74 Å². The zero-order chi connectivity index (χ0) is 19.5. The Morgan fingerprint density at radius 3 is 2.71 bits per heavy atom. The summed E-state index contributed by atoms with van der Waals surface area (Å²) in [6, 6.07) is 8.15. The third-order valence-corrected chi connectivity index (χ3v) is 4.40. The first-order valence-corrected chi connectivity index (χ1v) is 10.0. The van der Waals surface area contributed by atoms with Crippen LogP contribution >= 0.6 is 24.0 Å². The maximum Gasteiger partial charge on any atom is 0.258 e. The van der Waals surface area contributed by atoms with Crippen molar-refractivity contribution in [2.24, 2.45) is 10.9 Å². The first kappa shape index (κ1) is 24.5. The Kier molecular flexibility index (Phi) is 11.9. The lowest BCUT2D eigenvalue weighted by Gasteiger charge is -2.13. The largest absolute Gasteiger partial charge is 0.484 e. The number of nitrogens with one attached hydrogen (secondary N) is 3. The molecule has 0 atom stereocenters. The lowest BCUT2D eigenvalue weighted by atomic mass is 10.1. The number of nitrogens with zero attached hydrogens (tertiary/aromatic N) is 1. The predicted octanol–water partition coefficient (Wildman–Crippen LogP) is 3.45. The highest BCUT2D eigenvalue weighted by Gasteiger charge is 2.23. The van der Waals surface area contributed by atoms with E-state index in [1.807, 2.05) is 24.3 Å². The quantitative estimate of drug-likeness (QED) is 0.188. The molecule has 0 heterocycles. The van der Waals surface area contributed by atoms with Gasteiger partial charge in [-0.25, -0.2) is 0 Å². The Balaban J connectivity index is 0.00000392. The minimum Gasteiger partial charge on any atom is -0.484 e. The van der Waals surface area contributed by atoms with Crippen molar-refractivity contribution in [2.45, 2.75) is 58.5 Å². The van der Waals surface area contributed by atoms with Crippen LogP contribution in [0.25, 0.3) is 0 Å². The second-order valence-corrected chi connectivity index (χ2v) is 7.52. The minimum atomic E-state index is -0.0527. The van der Waals surface area contributed by atoms with E-state index in [1.54, 1.807) is 7.05 Å². The fraction of sp³-hybridized carbons (Fsp3) is 0.619. The average molecular weight is 502 g/mol. The number of unbranched alkanes of at least 4 members (excludes halogenated alkanes) is 1. The average Bonchev–Trinajstić information content (AvgIpc) is 3.46. The molecule has 7 heteroatoms. The van der Waals surface area contributed by atoms with Gasteiger partial charge in [-0.1, -0.05) is 38.8 Å². The van der Waals surface area contributed by atoms with Gasteiger partial charge in [0.25, 0.3) is 5.91 Å². The van der Waals surface area contributed by atoms with Crippen molar-refractivity contribution in [1.29, 1.82) is 0 Å². The second-order valence-electron chi connectivity index (χ2n) is 7.52. The van der Waals surface area contributed by atoms with Crippen LogP contribution in [-0.2, 0) is 11.3 Å². The number of guanidine groups is 1. The summed E-state index contributed by atoms with van der Waals surface area (Å²) in [4.78, 5) is 16.0. The smallest absolute Gasteiger partial charge is 0.258 e. The van der Waals surface area contributed by atoms with E-state index in [0.717, 1.165) is 43.2 Å². The summed E-state index contributed by atoms with van der Waals surface area (Å²) in [7, 11) is 1.78. The molecule has 2 rings (SSSR count). The van der Waals surface area contributed by atoms with Crippen LogP contribution in [0.3, 0.4) is 0 Å². The Hall–Kier alpha value is -1.51. The Morgan fingerprint density at radius 1 is 1.25 bits per heavy atom. The molecule has 28 heavy (non-hydrogen) atoms. The molecule has 0 aliphatic heterocycles. The van der Waals surface area contributed by atoms with Crippen molar-refractivity contribution < 1.29 is 9.53 Å². The van der Waals surface area contributed by atoms with Crippen molar-refractivity contribution in [3.63, 3.8) is 0 Å². The molecular weight excluding hydrogens is 467 g/mol. The lowest BCUT2D eigenvalue weighted by Crippen LogP contribution is -2.37.